The van der Waals surface area contributed by atoms with Crippen molar-refractivity contribution in [3.8, 4) is 17.3 Å². The van der Waals surface area contributed by atoms with E-state index in [0.717, 1.165) is 12.8 Å². The summed E-state index contributed by atoms with van der Waals surface area (Å²) in [4.78, 5) is 20.6. The van der Waals surface area contributed by atoms with Crippen LogP contribution in [-0.2, 0) is 0 Å². The van der Waals surface area contributed by atoms with Crippen LogP contribution in [0.25, 0.3) is 5.69 Å². The monoisotopic (exact) mass is 411 g/mol. The summed E-state index contributed by atoms with van der Waals surface area (Å²) in [6, 6.07) is 7.46. The van der Waals surface area contributed by atoms with Gasteiger partial charge in [0.25, 0.3) is 5.91 Å². The zero-order chi connectivity index (χ0) is 21.1. The molecule has 0 saturated carbocycles. The molecule has 3 heterocycles. The maximum Gasteiger partial charge on any atom is 0.256 e. The van der Waals surface area contributed by atoms with Gasteiger partial charge in [-0.25, -0.2) is 9.37 Å². The van der Waals surface area contributed by atoms with Crippen LogP contribution in [0.1, 0.15) is 30.1 Å². The first-order valence-corrected chi connectivity index (χ1v) is 9.69. The third kappa shape index (κ3) is 4.10. The van der Waals surface area contributed by atoms with E-state index in [4.69, 9.17) is 9.47 Å². The molecule has 1 aromatic carbocycles. The predicted molar refractivity (Wildman–Crippen MR) is 106 cm³/mol. The third-order valence-corrected chi connectivity index (χ3v) is 5.15. The fourth-order valence-corrected chi connectivity index (χ4v) is 3.55. The Morgan fingerprint density at radius 3 is 2.70 bits per heavy atom. The van der Waals surface area contributed by atoms with Crippen LogP contribution in [0.3, 0.4) is 0 Å². The largest absolute Gasteiger partial charge is 0.497 e. The number of piperidine rings is 1. The summed E-state index contributed by atoms with van der Waals surface area (Å²) in [7, 11) is 1.58. The number of rotatable bonds is 5. The smallest absolute Gasteiger partial charge is 0.256 e. The van der Waals surface area contributed by atoms with E-state index in [1.54, 1.807) is 30.3 Å². The van der Waals surface area contributed by atoms with E-state index in [9.17, 15) is 9.18 Å². The van der Waals surface area contributed by atoms with Crippen LogP contribution >= 0.6 is 0 Å². The van der Waals surface area contributed by atoms with E-state index < -0.39 is 5.82 Å². The number of halogens is 1. The first-order chi connectivity index (χ1) is 14.5. The zero-order valence-corrected chi connectivity index (χ0v) is 16.7. The van der Waals surface area contributed by atoms with Crippen molar-refractivity contribution in [2.45, 2.75) is 31.9 Å². The number of likely N-dealkylation sites (tertiary alicyclic amines) is 1. The Kier molecular flexibility index (Phi) is 5.60. The molecule has 9 heteroatoms. The second-order valence-corrected chi connectivity index (χ2v) is 7.14. The minimum atomic E-state index is -0.462. The summed E-state index contributed by atoms with van der Waals surface area (Å²) in [5.74, 6) is 0.418. The minimum Gasteiger partial charge on any atom is -0.497 e. The van der Waals surface area contributed by atoms with Gasteiger partial charge in [-0.05, 0) is 38.0 Å². The van der Waals surface area contributed by atoms with Gasteiger partial charge in [-0.15, -0.1) is 0 Å². The molecule has 3 aromatic rings. The summed E-state index contributed by atoms with van der Waals surface area (Å²) in [6.07, 6.45) is 5.93. The highest BCUT2D eigenvalue weighted by Crippen LogP contribution is 2.26. The third-order valence-electron chi connectivity index (χ3n) is 5.15. The van der Waals surface area contributed by atoms with Gasteiger partial charge >= 0.3 is 0 Å². The predicted octanol–water partition coefficient (Wildman–Crippen LogP) is 2.88. The Labute approximate surface area is 173 Å². The first kappa shape index (κ1) is 19.8. The second-order valence-electron chi connectivity index (χ2n) is 7.14. The number of benzene rings is 1. The van der Waals surface area contributed by atoms with Crippen LogP contribution in [0.15, 0.2) is 48.9 Å². The molecular weight excluding hydrogens is 389 g/mol. The number of hydrogen-bond acceptors (Lipinski definition) is 6. The number of nitrogens with zero attached hydrogens (tertiary/aromatic N) is 5. The molecule has 1 aliphatic rings. The molecule has 2 atom stereocenters. The van der Waals surface area contributed by atoms with Gasteiger partial charge in [0.05, 0.1) is 31.6 Å². The standard InChI is InChI=1S/C21H22FN5O3/c1-14-3-5-17(30-20-12-16(29-2)7-8-23-20)13-26(14)21(28)18-6-4-15(22)11-19(18)27-24-9-10-25-27/h4,6-12,14,17H,3,5,13H2,1-2H3. The average Bonchev–Trinajstić information content (AvgIpc) is 3.29. The van der Waals surface area contributed by atoms with Crippen LogP contribution in [0.5, 0.6) is 11.6 Å². The molecule has 0 radical (unpaired) electrons. The Morgan fingerprint density at radius 2 is 1.93 bits per heavy atom. The van der Waals surface area contributed by atoms with Crippen LogP contribution in [0.2, 0.25) is 0 Å². The van der Waals surface area contributed by atoms with Gasteiger partial charge in [-0.1, -0.05) is 0 Å². The number of ether oxygens (including phenoxy) is 2. The molecule has 156 valence electrons. The molecule has 1 fully saturated rings. The second kappa shape index (κ2) is 8.48. The van der Waals surface area contributed by atoms with Gasteiger partial charge in [0.15, 0.2) is 0 Å². The fraction of sp³-hybridized carbons (Fsp3) is 0.333. The van der Waals surface area contributed by atoms with Gasteiger partial charge < -0.3 is 14.4 Å². The summed E-state index contributed by atoms with van der Waals surface area (Å²) < 4.78 is 25.1. The molecule has 2 aromatic heterocycles. The summed E-state index contributed by atoms with van der Waals surface area (Å²) in [5, 5.41) is 8.09. The van der Waals surface area contributed by atoms with E-state index in [0.29, 0.717) is 29.4 Å². The molecule has 8 nitrogen and oxygen atoms in total. The molecule has 0 spiro atoms. The van der Waals surface area contributed by atoms with Crippen molar-refractivity contribution in [2.24, 2.45) is 0 Å². The van der Waals surface area contributed by atoms with Crippen molar-refractivity contribution >= 4 is 5.91 Å². The highest BCUT2D eigenvalue weighted by Gasteiger charge is 2.32. The maximum absolute atomic E-state index is 13.9. The normalized spacial score (nSPS) is 18.8. The van der Waals surface area contributed by atoms with E-state index in [1.165, 1.54) is 35.4 Å². The molecule has 2 unspecified atom stereocenters. The number of carbonyl (C=O) groups excluding carboxylic acids is 1. The lowest BCUT2D eigenvalue weighted by Gasteiger charge is -2.38. The number of pyridine rings is 1. The van der Waals surface area contributed by atoms with Gasteiger partial charge in [0, 0.05) is 24.4 Å². The highest BCUT2D eigenvalue weighted by atomic mass is 19.1. The lowest BCUT2D eigenvalue weighted by atomic mass is 9.99. The van der Waals surface area contributed by atoms with E-state index in [2.05, 4.69) is 15.2 Å². The molecule has 1 saturated heterocycles. The Balaban J connectivity index is 1.56. The molecule has 4 rings (SSSR count). The van der Waals surface area contributed by atoms with Gasteiger partial charge in [0.1, 0.15) is 23.4 Å². The van der Waals surface area contributed by atoms with Crippen molar-refractivity contribution in [1.82, 2.24) is 24.9 Å². The zero-order valence-electron chi connectivity index (χ0n) is 16.7. The number of aromatic nitrogens is 4. The topological polar surface area (TPSA) is 82.4 Å². The number of carbonyl (C=O) groups is 1. The molecular formula is C21H22FN5O3. The molecule has 0 bridgehead atoms. The highest BCUT2D eigenvalue weighted by molar-refractivity contribution is 5.98. The Morgan fingerprint density at radius 1 is 1.13 bits per heavy atom. The lowest BCUT2D eigenvalue weighted by Crippen LogP contribution is -2.49. The van der Waals surface area contributed by atoms with Crippen LogP contribution in [-0.4, -0.2) is 56.6 Å². The summed E-state index contributed by atoms with van der Waals surface area (Å²) in [6.45, 7) is 2.38. The quantitative estimate of drug-likeness (QED) is 0.642. The van der Waals surface area contributed by atoms with Gasteiger partial charge in [0.2, 0.25) is 5.88 Å². The molecule has 0 aliphatic carbocycles. The van der Waals surface area contributed by atoms with Crippen molar-refractivity contribution < 1.29 is 18.7 Å². The number of amides is 1. The SMILES string of the molecule is COc1ccnc(OC2CCC(C)N(C(=O)c3ccc(F)cc3-n3nccn3)C2)c1. The van der Waals surface area contributed by atoms with Crippen molar-refractivity contribution in [3.63, 3.8) is 0 Å². The van der Waals surface area contributed by atoms with Crippen molar-refractivity contribution in [2.75, 3.05) is 13.7 Å². The van der Waals surface area contributed by atoms with Crippen LogP contribution < -0.4 is 9.47 Å². The van der Waals surface area contributed by atoms with E-state index in [1.807, 2.05) is 6.92 Å². The first-order valence-electron chi connectivity index (χ1n) is 9.69. The van der Waals surface area contributed by atoms with Crippen molar-refractivity contribution in [1.29, 1.82) is 0 Å². The lowest BCUT2D eigenvalue weighted by molar-refractivity contribution is 0.0372. The average molecular weight is 411 g/mol. The fourth-order valence-electron chi connectivity index (χ4n) is 3.55. The van der Waals surface area contributed by atoms with Gasteiger partial charge in [-0.2, -0.15) is 15.0 Å². The van der Waals surface area contributed by atoms with E-state index in [-0.39, 0.29) is 18.1 Å². The molecule has 30 heavy (non-hydrogen) atoms. The Bertz CT molecular complexity index is 1030. The Hall–Kier alpha value is -3.49. The van der Waals surface area contributed by atoms with E-state index >= 15 is 0 Å². The van der Waals surface area contributed by atoms with Crippen molar-refractivity contribution in [3.05, 3.63) is 60.3 Å². The maximum atomic E-state index is 13.9. The summed E-state index contributed by atoms with van der Waals surface area (Å²) >= 11 is 0. The molecule has 1 aliphatic heterocycles. The molecule has 0 N–H and O–H groups in total. The minimum absolute atomic E-state index is 0.0131. The van der Waals surface area contributed by atoms with Gasteiger partial charge in [-0.3, -0.25) is 4.79 Å². The van der Waals surface area contributed by atoms with Crippen LogP contribution in [0, 0.1) is 5.82 Å². The number of hydrogen-bond donors (Lipinski definition) is 0. The molecule has 1 amide bonds. The van der Waals surface area contributed by atoms with Crippen LogP contribution in [0.4, 0.5) is 4.39 Å². The summed E-state index contributed by atoms with van der Waals surface area (Å²) in [5.41, 5.74) is 0.634. The number of methoxy groups -OCH3 is 1.